The standard InChI is InChI=1S/C15H16O3/c1-3-14(18-2)15(17)12-8-9-13(16)11-7-5-4-6-10(11)12/h3-9,14-17H,1H2,2H3/t14-,15-/m1/s1. The summed E-state index contributed by atoms with van der Waals surface area (Å²) >= 11 is 0. The Morgan fingerprint density at radius 3 is 2.44 bits per heavy atom. The number of benzene rings is 2. The first kappa shape index (κ1) is 12.6. The van der Waals surface area contributed by atoms with Gasteiger partial charge in [0.2, 0.25) is 0 Å². The van der Waals surface area contributed by atoms with E-state index in [1.165, 1.54) is 7.11 Å². The van der Waals surface area contributed by atoms with Crippen molar-refractivity contribution in [3.63, 3.8) is 0 Å². The predicted molar refractivity (Wildman–Crippen MR) is 71.6 cm³/mol. The summed E-state index contributed by atoms with van der Waals surface area (Å²) in [6.07, 6.45) is 0.280. The van der Waals surface area contributed by atoms with Crippen molar-refractivity contribution < 1.29 is 14.9 Å². The third-order valence-corrected chi connectivity index (χ3v) is 3.07. The fourth-order valence-corrected chi connectivity index (χ4v) is 2.10. The Morgan fingerprint density at radius 2 is 1.83 bits per heavy atom. The summed E-state index contributed by atoms with van der Waals surface area (Å²) in [6, 6.07) is 10.7. The van der Waals surface area contributed by atoms with Gasteiger partial charge in [-0.3, -0.25) is 0 Å². The van der Waals surface area contributed by atoms with E-state index in [0.717, 1.165) is 10.9 Å². The number of methoxy groups -OCH3 is 1. The van der Waals surface area contributed by atoms with Crippen molar-refractivity contribution in [2.45, 2.75) is 12.2 Å². The quantitative estimate of drug-likeness (QED) is 0.813. The van der Waals surface area contributed by atoms with Crippen molar-refractivity contribution in [1.29, 1.82) is 0 Å². The highest BCUT2D eigenvalue weighted by atomic mass is 16.5. The Bertz CT molecular complexity index is 563. The van der Waals surface area contributed by atoms with Gasteiger partial charge in [-0.05, 0) is 17.0 Å². The number of phenolic OH excluding ortho intramolecular Hbond substituents is 1. The van der Waals surface area contributed by atoms with Crippen LogP contribution in [0.4, 0.5) is 0 Å². The van der Waals surface area contributed by atoms with Gasteiger partial charge in [0.15, 0.2) is 0 Å². The van der Waals surface area contributed by atoms with Crippen molar-refractivity contribution in [3.8, 4) is 5.75 Å². The monoisotopic (exact) mass is 244 g/mol. The minimum Gasteiger partial charge on any atom is -0.507 e. The van der Waals surface area contributed by atoms with E-state index in [2.05, 4.69) is 6.58 Å². The molecule has 0 aliphatic carbocycles. The molecule has 2 aromatic rings. The van der Waals surface area contributed by atoms with E-state index < -0.39 is 12.2 Å². The molecule has 2 rings (SSSR count). The third-order valence-electron chi connectivity index (χ3n) is 3.07. The SMILES string of the molecule is C=C[C@@H](OC)[C@H](O)c1ccc(O)c2ccccc12. The molecule has 2 atom stereocenters. The lowest BCUT2D eigenvalue weighted by atomic mass is 9.97. The van der Waals surface area contributed by atoms with Gasteiger partial charge in [0.25, 0.3) is 0 Å². The maximum absolute atomic E-state index is 10.3. The molecule has 0 aliphatic heterocycles. The molecule has 2 aromatic carbocycles. The number of hydrogen-bond acceptors (Lipinski definition) is 3. The molecule has 0 unspecified atom stereocenters. The molecule has 0 saturated carbocycles. The summed E-state index contributed by atoms with van der Waals surface area (Å²) in [7, 11) is 1.53. The summed E-state index contributed by atoms with van der Waals surface area (Å²) in [4.78, 5) is 0. The first-order valence-corrected chi connectivity index (χ1v) is 5.73. The van der Waals surface area contributed by atoms with Gasteiger partial charge in [-0.2, -0.15) is 0 Å². The molecule has 0 saturated heterocycles. The molecule has 0 fully saturated rings. The summed E-state index contributed by atoms with van der Waals surface area (Å²) in [5, 5.41) is 21.6. The van der Waals surface area contributed by atoms with Crippen molar-refractivity contribution in [3.05, 3.63) is 54.6 Å². The van der Waals surface area contributed by atoms with E-state index in [4.69, 9.17) is 4.74 Å². The van der Waals surface area contributed by atoms with Crippen LogP contribution >= 0.6 is 0 Å². The fraction of sp³-hybridized carbons (Fsp3) is 0.200. The Labute approximate surface area is 106 Å². The molecule has 0 amide bonds. The molecular weight excluding hydrogens is 228 g/mol. The van der Waals surface area contributed by atoms with E-state index in [1.807, 2.05) is 24.3 Å². The molecule has 0 radical (unpaired) electrons. The smallest absolute Gasteiger partial charge is 0.123 e. The highest BCUT2D eigenvalue weighted by molar-refractivity contribution is 5.91. The van der Waals surface area contributed by atoms with Gasteiger partial charge in [0.05, 0.1) is 0 Å². The lowest BCUT2D eigenvalue weighted by molar-refractivity contribution is 0.0170. The zero-order valence-corrected chi connectivity index (χ0v) is 10.2. The number of phenols is 1. The van der Waals surface area contributed by atoms with E-state index in [9.17, 15) is 10.2 Å². The van der Waals surface area contributed by atoms with Crippen LogP contribution in [0.3, 0.4) is 0 Å². The number of aliphatic hydroxyl groups is 1. The molecule has 18 heavy (non-hydrogen) atoms. The zero-order valence-electron chi connectivity index (χ0n) is 10.2. The molecular formula is C15H16O3. The molecule has 3 nitrogen and oxygen atoms in total. The molecule has 94 valence electrons. The van der Waals surface area contributed by atoms with Crippen LogP contribution in [-0.2, 0) is 4.74 Å². The minimum atomic E-state index is -0.807. The third kappa shape index (κ3) is 2.10. The van der Waals surface area contributed by atoms with Gasteiger partial charge in [0, 0.05) is 12.5 Å². The Morgan fingerprint density at radius 1 is 1.17 bits per heavy atom. The van der Waals surface area contributed by atoms with Crippen LogP contribution in [0, 0.1) is 0 Å². The van der Waals surface area contributed by atoms with Crippen molar-refractivity contribution in [2.24, 2.45) is 0 Å². The van der Waals surface area contributed by atoms with Crippen molar-refractivity contribution >= 4 is 10.8 Å². The van der Waals surface area contributed by atoms with Crippen LogP contribution in [0.1, 0.15) is 11.7 Å². The molecule has 2 N–H and O–H groups in total. The highest BCUT2D eigenvalue weighted by Crippen LogP contribution is 2.32. The number of rotatable bonds is 4. The van der Waals surface area contributed by atoms with Crippen molar-refractivity contribution in [1.82, 2.24) is 0 Å². The fourth-order valence-electron chi connectivity index (χ4n) is 2.10. The number of hydrogen-bond donors (Lipinski definition) is 2. The second-order valence-electron chi connectivity index (χ2n) is 4.10. The van der Waals surface area contributed by atoms with Gasteiger partial charge in [-0.15, -0.1) is 6.58 Å². The lowest BCUT2D eigenvalue weighted by Gasteiger charge is -2.20. The lowest BCUT2D eigenvalue weighted by Crippen LogP contribution is -2.18. The Hall–Kier alpha value is -1.84. The maximum atomic E-state index is 10.3. The van der Waals surface area contributed by atoms with Crippen LogP contribution in [0.15, 0.2) is 49.1 Å². The zero-order chi connectivity index (χ0) is 13.1. The summed E-state index contributed by atoms with van der Waals surface area (Å²) in [5.74, 6) is 0.203. The van der Waals surface area contributed by atoms with Crippen LogP contribution in [0.2, 0.25) is 0 Å². The second kappa shape index (κ2) is 5.21. The number of fused-ring (bicyclic) bond motifs is 1. The molecule has 0 heterocycles. The van der Waals surface area contributed by atoms with E-state index in [0.29, 0.717) is 5.39 Å². The minimum absolute atomic E-state index is 0.203. The first-order valence-electron chi connectivity index (χ1n) is 5.73. The van der Waals surface area contributed by atoms with E-state index >= 15 is 0 Å². The largest absolute Gasteiger partial charge is 0.507 e. The average molecular weight is 244 g/mol. The molecule has 0 aromatic heterocycles. The topological polar surface area (TPSA) is 49.7 Å². The second-order valence-corrected chi connectivity index (χ2v) is 4.10. The van der Waals surface area contributed by atoms with Crippen molar-refractivity contribution in [2.75, 3.05) is 7.11 Å². The van der Waals surface area contributed by atoms with Gasteiger partial charge in [-0.1, -0.05) is 36.4 Å². The summed E-state index contributed by atoms with van der Waals surface area (Å²) < 4.78 is 5.16. The van der Waals surface area contributed by atoms with Crippen LogP contribution in [0.5, 0.6) is 5.75 Å². The van der Waals surface area contributed by atoms with Crippen LogP contribution in [0.25, 0.3) is 10.8 Å². The molecule has 0 bridgehead atoms. The van der Waals surface area contributed by atoms with Gasteiger partial charge in [0.1, 0.15) is 18.0 Å². The van der Waals surface area contributed by atoms with E-state index in [1.54, 1.807) is 18.2 Å². The average Bonchev–Trinajstić information content (AvgIpc) is 2.41. The number of aliphatic hydroxyl groups excluding tert-OH is 1. The normalized spacial score (nSPS) is 14.3. The van der Waals surface area contributed by atoms with Gasteiger partial charge < -0.3 is 14.9 Å². The van der Waals surface area contributed by atoms with Crippen LogP contribution < -0.4 is 0 Å². The Kier molecular flexibility index (Phi) is 3.65. The van der Waals surface area contributed by atoms with Crippen LogP contribution in [-0.4, -0.2) is 23.4 Å². The number of aromatic hydroxyl groups is 1. The van der Waals surface area contributed by atoms with E-state index in [-0.39, 0.29) is 5.75 Å². The molecule has 0 aliphatic rings. The predicted octanol–water partition coefficient (Wildman–Crippen LogP) is 2.78. The molecule has 3 heteroatoms. The van der Waals surface area contributed by atoms with Gasteiger partial charge in [-0.25, -0.2) is 0 Å². The maximum Gasteiger partial charge on any atom is 0.123 e. The Balaban J connectivity index is 2.58. The van der Waals surface area contributed by atoms with Gasteiger partial charge >= 0.3 is 0 Å². The molecule has 0 spiro atoms. The summed E-state index contributed by atoms with van der Waals surface area (Å²) in [5.41, 5.74) is 0.718. The highest BCUT2D eigenvalue weighted by Gasteiger charge is 2.20. The first-order chi connectivity index (χ1) is 8.69. The summed E-state index contributed by atoms with van der Waals surface area (Å²) in [6.45, 7) is 3.64. The number of ether oxygens (including phenoxy) is 1.